The summed E-state index contributed by atoms with van der Waals surface area (Å²) in [4.78, 5) is 16.3. The van der Waals surface area contributed by atoms with Crippen LogP contribution in [0.3, 0.4) is 0 Å². The molecule has 1 saturated heterocycles. The molecule has 0 spiro atoms. The second-order valence-electron chi connectivity index (χ2n) is 8.30. The molecule has 1 amide bonds. The average molecular weight is 434 g/mol. The van der Waals surface area contributed by atoms with Gasteiger partial charge in [-0.1, -0.05) is 13.3 Å². The van der Waals surface area contributed by atoms with Crippen LogP contribution >= 0.6 is 0 Å². The topological polar surface area (TPSA) is 112 Å². The maximum atomic E-state index is 12.1. The fourth-order valence-electron chi connectivity index (χ4n) is 3.12. The van der Waals surface area contributed by atoms with E-state index in [9.17, 15) is 13.2 Å². The van der Waals surface area contributed by atoms with Crippen LogP contribution in [0.2, 0.25) is 0 Å². The zero-order valence-electron chi connectivity index (χ0n) is 18.7. The van der Waals surface area contributed by atoms with Crippen LogP contribution in [-0.4, -0.2) is 74.9 Å². The summed E-state index contributed by atoms with van der Waals surface area (Å²) in [5, 5.41) is 9.52. The molecule has 0 radical (unpaired) electrons. The molecule has 1 unspecified atom stereocenters. The Balaban J connectivity index is 2.50. The Kier molecular flexibility index (Phi) is 10.2. The molecule has 0 aromatic rings. The number of sulfonamides is 1. The summed E-state index contributed by atoms with van der Waals surface area (Å²) in [5.41, 5.74) is -0.536. The van der Waals surface area contributed by atoms with Crippen LogP contribution in [0.1, 0.15) is 60.3 Å². The lowest BCUT2D eigenvalue weighted by Crippen LogP contribution is -2.52. The van der Waals surface area contributed by atoms with E-state index in [2.05, 4.69) is 27.9 Å². The van der Waals surface area contributed by atoms with Gasteiger partial charge in [-0.25, -0.2) is 17.5 Å². The minimum Gasteiger partial charge on any atom is -0.444 e. The summed E-state index contributed by atoms with van der Waals surface area (Å²) in [5.74, 6) is 0.784. The summed E-state index contributed by atoms with van der Waals surface area (Å²) >= 11 is 0. The number of nitrogens with one attached hydrogen (secondary N) is 3. The number of nitrogens with zero attached hydrogens (tertiary/aromatic N) is 2. The molecule has 1 aliphatic rings. The van der Waals surface area contributed by atoms with E-state index >= 15 is 0 Å². The summed E-state index contributed by atoms with van der Waals surface area (Å²) in [6, 6.07) is 0.0814. The van der Waals surface area contributed by atoms with Gasteiger partial charge >= 0.3 is 6.09 Å². The first-order valence-electron chi connectivity index (χ1n) is 10.4. The highest BCUT2D eigenvalue weighted by molar-refractivity contribution is 7.89. The van der Waals surface area contributed by atoms with E-state index in [0.29, 0.717) is 25.6 Å². The van der Waals surface area contributed by atoms with Crippen LogP contribution in [0.25, 0.3) is 0 Å². The van der Waals surface area contributed by atoms with Crippen molar-refractivity contribution in [1.29, 1.82) is 0 Å². The molecule has 1 fully saturated rings. The smallest absolute Gasteiger partial charge is 0.407 e. The molecule has 1 rings (SSSR count). The molecule has 0 aromatic carbocycles. The van der Waals surface area contributed by atoms with E-state index in [1.54, 1.807) is 18.3 Å². The molecule has 29 heavy (non-hydrogen) atoms. The quantitative estimate of drug-likeness (QED) is 0.396. The summed E-state index contributed by atoms with van der Waals surface area (Å²) in [6.45, 7) is 10.8. The molecule has 0 aliphatic carbocycles. The minimum absolute atomic E-state index is 0.0788. The lowest BCUT2D eigenvalue weighted by atomic mass is 10.1. The number of piperidine rings is 1. The van der Waals surface area contributed by atoms with Crippen molar-refractivity contribution in [2.75, 3.05) is 32.4 Å². The van der Waals surface area contributed by atoms with E-state index in [0.717, 1.165) is 25.7 Å². The van der Waals surface area contributed by atoms with E-state index < -0.39 is 21.7 Å². The molecule has 10 heteroatoms. The van der Waals surface area contributed by atoms with Gasteiger partial charge in [-0.3, -0.25) is 4.99 Å². The maximum absolute atomic E-state index is 12.1. The minimum atomic E-state index is -3.12. The summed E-state index contributed by atoms with van der Waals surface area (Å²) in [6.07, 6.45) is 2.78. The fourth-order valence-corrected chi connectivity index (χ4v) is 4.25. The van der Waals surface area contributed by atoms with Crippen LogP contribution in [0.5, 0.6) is 0 Å². The number of amides is 1. The largest absolute Gasteiger partial charge is 0.444 e. The first-order valence-corrected chi connectivity index (χ1v) is 12.1. The van der Waals surface area contributed by atoms with Crippen molar-refractivity contribution >= 4 is 22.1 Å². The van der Waals surface area contributed by atoms with Crippen molar-refractivity contribution < 1.29 is 17.9 Å². The zero-order chi connectivity index (χ0) is 22.1. The molecule has 9 nitrogen and oxygen atoms in total. The predicted octanol–water partition coefficient (Wildman–Crippen LogP) is 1.66. The predicted molar refractivity (Wildman–Crippen MR) is 117 cm³/mol. The number of alkyl carbamates (subject to hydrolysis) is 1. The van der Waals surface area contributed by atoms with Gasteiger partial charge in [0.2, 0.25) is 10.0 Å². The maximum Gasteiger partial charge on any atom is 0.407 e. The summed E-state index contributed by atoms with van der Waals surface area (Å²) < 4.78 is 30.9. The summed E-state index contributed by atoms with van der Waals surface area (Å²) in [7, 11) is -1.43. The molecule has 3 N–H and O–H groups in total. The normalized spacial score (nSPS) is 18.2. The van der Waals surface area contributed by atoms with E-state index in [1.807, 2.05) is 20.8 Å². The van der Waals surface area contributed by atoms with Crippen molar-refractivity contribution in [2.45, 2.75) is 78.0 Å². The second-order valence-corrected chi connectivity index (χ2v) is 10.6. The SMILES string of the molecule is CCCC(CNC(=NC)NC1CCN(S(=O)(=O)CC)CC1)NC(=O)OC(C)(C)C. The number of ether oxygens (including phenoxy) is 1. The van der Waals surface area contributed by atoms with Crippen molar-refractivity contribution in [3.8, 4) is 0 Å². The molecular formula is C19H39N5O4S. The molecule has 170 valence electrons. The fraction of sp³-hybridized carbons (Fsp3) is 0.895. The third-order valence-electron chi connectivity index (χ3n) is 4.65. The Morgan fingerprint density at radius 3 is 2.34 bits per heavy atom. The van der Waals surface area contributed by atoms with E-state index in [-0.39, 0.29) is 17.8 Å². The highest BCUT2D eigenvalue weighted by atomic mass is 32.2. The number of guanidine groups is 1. The van der Waals surface area contributed by atoms with Crippen molar-refractivity contribution in [3.05, 3.63) is 0 Å². The first kappa shape index (κ1) is 25.5. The van der Waals surface area contributed by atoms with Crippen LogP contribution in [0, 0.1) is 0 Å². The lowest BCUT2D eigenvalue weighted by molar-refractivity contribution is 0.0502. The zero-order valence-corrected chi connectivity index (χ0v) is 19.6. The Morgan fingerprint density at radius 2 is 1.86 bits per heavy atom. The highest BCUT2D eigenvalue weighted by Crippen LogP contribution is 2.14. The van der Waals surface area contributed by atoms with Crippen LogP contribution < -0.4 is 16.0 Å². The van der Waals surface area contributed by atoms with Crippen molar-refractivity contribution in [1.82, 2.24) is 20.3 Å². The van der Waals surface area contributed by atoms with Gasteiger partial charge in [0, 0.05) is 38.8 Å². The van der Waals surface area contributed by atoms with E-state index in [4.69, 9.17) is 4.74 Å². The molecular weight excluding hydrogens is 394 g/mol. The molecule has 0 saturated carbocycles. The number of aliphatic imine (C=N–C) groups is 1. The monoisotopic (exact) mass is 433 g/mol. The van der Waals surface area contributed by atoms with Gasteiger partial charge in [0.1, 0.15) is 5.60 Å². The van der Waals surface area contributed by atoms with Crippen molar-refractivity contribution in [3.63, 3.8) is 0 Å². The Morgan fingerprint density at radius 1 is 1.24 bits per heavy atom. The van der Waals surface area contributed by atoms with Gasteiger partial charge in [-0.05, 0) is 47.0 Å². The van der Waals surface area contributed by atoms with Gasteiger partial charge in [0.25, 0.3) is 0 Å². The van der Waals surface area contributed by atoms with Crippen LogP contribution in [0.4, 0.5) is 4.79 Å². The second kappa shape index (κ2) is 11.6. The lowest BCUT2D eigenvalue weighted by Gasteiger charge is -2.32. The molecule has 1 atom stereocenters. The van der Waals surface area contributed by atoms with E-state index in [1.165, 1.54) is 0 Å². The number of carbonyl (C=O) groups excluding carboxylic acids is 1. The highest BCUT2D eigenvalue weighted by Gasteiger charge is 2.27. The number of carbonyl (C=O) groups is 1. The van der Waals surface area contributed by atoms with Gasteiger partial charge in [-0.15, -0.1) is 0 Å². The average Bonchev–Trinajstić information content (AvgIpc) is 2.63. The van der Waals surface area contributed by atoms with Crippen LogP contribution in [-0.2, 0) is 14.8 Å². The first-order chi connectivity index (χ1) is 13.5. The van der Waals surface area contributed by atoms with Gasteiger partial charge in [0.05, 0.1) is 5.75 Å². The molecule has 1 heterocycles. The Labute approximate surface area is 176 Å². The Hall–Kier alpha value is -1.55. The third kappa shape index (κ3) is 9.66. The number of rotatable bonds is 8. The Bertz CT molecular complexity index is 637. The van der Waals surface area contributed by atoms with Gasteiger partial charge < -0.3 is 20.7 Å². The third-order valence-corrected chi connectivity index (χ3v) is 6.53. The van der Waals surface area contributed by atoms with Gasteiger partial charge in [-0.2, -0.15) is 0 Å². The molecule has 1 aliphatic heterocycles. The van der Waals surface area contributed by atoms with Crippen LogP contribution in [0.15, 0.2) is 4.99 Å². The standard InChI is InChI=1S/C19H39N5O4S/c1-7-9-16(23-18(25)28-19(3,4)5)14-21-17(20-6)22-15-10-12-24(13-11-15)29(26,27)8-2/h15-16H,7-14H2,1-6H3,(H,23,25)(H2,20,21,22). The number of hydrogen-bond donors (Lipinski definition) is 3. The van der Waals surface area contributed by atoms with Crippen molar-refractivity contribution in [2.24, 2.45) is 4.99 Å². The van der Waals surface area contributed by atoms with Gasteiger partial charge in [0.15, 0.2) is 5.96 Å². The molecule has 0 aromatic heterocycles. The number of hydrogen-bond acceptors (Lipinski definition) is 5. The molecule has 0 bridgehead atoms.